The third-order valence-electron chi connectivity index (χ3n) is 5.71. The predicted molar refractivity (Wildman–Crippen MR) is 119 cm³/mol. The molecule has 0 spiro atoms. The van der Waals surface area contributed by atoms with Crippen molar-refractivity contribution in [1.29, 1.82) is 0 Å². The monoisotopic (exact) mass is 405 g/mol. The van der Waals surface area contributed by atoms with Crippen LogP contribution < -0.4 is 4.74 Å². The third kappa shape index (κ3) is 4.86. The van der Waals surface area contributed by atoms with Crippen LogP contribution in [0.5, 0.6) is 5.75 Å². The van der Waals surface area contributed by atoms with Gasteiger partial charge in [0.2, 0.25) is 0 Å². The maximum Gasteiger partial charge on any atom is 0.411 e. The molecule has 2 heterocycles. The van der Waals surface area contributed by atoms with Gasteiger partial charge in [0.05, 0.1) is 6.04 Å². The Bertz CT molecular complexity index is 896. The van der Waals surface area contributed by atoms with Gasteiger partial charge in [0, 0.05) is 6.04 Å². The normalized spacial score (nSPS) is 21.0. The van der Waals surface area contributed by atoms with Crippen molar-refractivity contribution >= 4 is 11.7 Å². The average Bonchev–Trinajstić information content (AvgIpc) is 2.71. The van der Waals surface area contributed by atoms with Crippen molar-refractivity contribution in [1.82, 2.24) is 4.90 Å². The lowest BCUT2D eigenvalue weighted by Crippen LogP contribution is -2.53. The van der Waals surface area contributed by atoms with Gasteiger partial charge in [-0.2, -0.15) is 0 Å². The number of ether oxygens (including phenoxy) is 2. The molecule has 0 N–H and O–H groups in total. The molecular formula is C26H31NO3. The van der Waals surface area contributed by atoms with Gasteiger partial charge >= 0.3 is 6.09 Å². The first-order valence-corrected chi connectivity index (χ1v) is 10.9. The zero-order valence-electron chi connectivity index (χ0n) is 18.1. The van der Waals surface area contributed by atoms with E-state index in [1.165, 1.54) is 11.1 Å². The SMILES string of the molecule is CC(C)(C)OC(=O)N1C2C=C(c3ccc(OCc4ccccc4)cc3)CC1CCC2. The number of benzene rings is 2. The highest BCUT2D eigenvalue weighted by Gasteiger charge is 2.39. The Morgan fingerprint density at radius 2 is 1.77 bits per heavy atom. The van der Waals surface area contributed by atoms with E-state index in [-0.39, 0.29) is 18.2 Å². The van der Waals surface area contributed by atoms with Crippen LogP contribution in [0.1, 0.15) is 57.6 Å². The van der Waals surface area contributed by atoms with Crippen molar-refractivity contribution in [3.8, 4) is 5.75 Å². The number of piperidine rings is 1. The molecule has 158 valence electrons. The van der Waals surface area contributed by atoms with E-state index >= 15 is 0 Å². The molecule has 2 aliphatic rings. The van der Waals surface area contributed by atoms with E-state index < -0.39 is 5.60 Å². The Labute approximate surface area is 179 Å². The lowest BCUT2D eigenvalue weighted by atomic mass is 9.83. The van der Waals surface area contributed by atoms with Crippen LogP contribution in [0.4, 0.5) is 4.79 Å². The fourth-order valence-corrected chi connectivity index (χ4v) is 4.35. The van der Waals surface area contributed by atoms with E-state index in [1.807, 2.05) is 56.0 Å². The maximum atomic E-state index is 12.8. The highest BCUT2D eigenvalue weighted by atomic mass is 16.6. The maximum absolute atomic E-state index is 12.8. The molecule has 2 unspecified atom stereocenters. The number of rotatable bonds is 4. The summed E-state index contributed by atoms with van der Waals surface area (Å²) in [6.07, 6.45) is 6.14. The van der Waals surface area contributed by atoms with E-state index in [9.17, 15) is 4.79 Å². The predicted octanol–water partition coefficient (Wildman–Crippen LogP) is 6.21. The summed E-state index contributed by atoms with van der Waals surface area (Å²) in [4.78, 5) is 14.7. The van der Waals surface area contributed by atoms with Crippen molar-refractivity contribution in [2.75, 3.05) is 0 Å². The van der Waals surface area contributed by atoms with Crippen molar-refractivity contribution < 1.29 is 14.3 Å². The highest BCUT2D eigenvalue weighted by Crippen LogP contribution is 2.38. The van der Waals surface area contributed by atoms with E-state index in [0.717, 1.165) is 37.0 Å². The summed E-state index contributed by atoms with van der Waals surface area (Å²) in [6, 6.07) is 18.9. The second-order valence-electron chi connectivity index (χ2n) is 9.23. The number of carbonyl (C=O) groups excluding carboxylic acids is 1. The molecule has 4 rings (SSSR count). The van der Waals surface area contributed by atoms with Crippen molar-refractivity contribution in [3.05, 3.63) is 71.8 Å². The molecule has 4 heteroatoms. The molecular weight excluding hydrogens is 374 g/mol. The molecule has 1 fully saturated rings. The third-order valence-corrected chi connectivity index (χ3v) is 5.71. The minimum atomic E-state index is -0.467. The smallest absolute Gasteiger partial charge is 0.411 e. The molecule has 1 saturated heterocycles. The standard InChI is InChI=1S/C26H31NO3/c1-26(2,3)30-25(28)27-22-10-7-11-23(27)17-21(16-22)20-12-14-24(15-13-20)29-18-19-8-5-4-6-9-19/h4-6,8-9,12-16,22-23H,7,10-11,17-18H2,1-3H3. The molecule has 2 aliphatic heterocycles. The first-order chi connectivity index (χ1) is 14.4. The van der Waals surface area contributed by atoms with Crippen LogP contribution in [0.25, 0.3) is 5.57 Å². The Morgan fingerprint density at radius 3 is 2.43 bits per heavy atom. The fourth-order valence-electron chi connectivity index (χ4n) is 4.35. The van der Waals surface area contributed by atoms with Crippen molar-refractivity contribution in [3.63, 3.8) is 0 Å². The summed E-state index contributed by atoms with van der Waals surface area (Å²) < 4.78 is 11.6. The van der Waals surface area contributed by atoms with E-state index in [4.69, 9.17) is 9.47 Å². The second kappa shape index (κ2) is 8.55. The Balaban J connectivity index is 1.45. The average molecular weight is 406 g/mol. The van der Waals surface area contributed by atoms with Gasteiger partial charge in [-0.25, -0.2) is 4.79 Å². The lowest BCUT2D eigenvalue weighted by molar-refractivity contribution is 0.0000851. The molecule has 30 heavy (non-hydrogen) atoms. The van der Waals surface area contributed by atoms with E-state index in [0.29, 0.717) is 6.61 Å². The molecule has 1 amide bonds. The van der Waals surface area contributed by atoms with Gasteiger partial charge in [0.25, 0.3) is 0 Å². The number of fused-ring (bicyclic) bond motifs is 2. The molecule has 2 atom stereocenters. The molecule has 2 aromatic rings. The summed E-state index contributed by atoms with van der Waals surface area (Å²) in [6.45, 7) is 6.34. The Morgan fingerprint density at radius 1 is 1.03 bits per heavy atom. The van der Waals surface area contributed by atoms with Crippen LogP contribution in [0, 0.1) is 0 Å². The van der Waals surface area contributed by atoms with Crippen LogP contribution in [-0.2, 0) is 11.3 Å². The Hall–Kier alpha value is -2.75. The van der Waals surface area contributed by atoms with Crippen LogP contribution >= 0.6 is 0 Å². The summed E-state index contributed by atoms with van der Waals surface area (Å²) >= 11 is 0. The number of hydrogen-bond acceptors (Lipinski definition) is 3. The van der Waals surface area contributed by atoms with Crippen molar-refractivity contribution in [2.45, 2.75) is 70.7 Å². The van der Waals surface area contributed by atoms with Crippen LogP contribution in [-0.4, -0.2) is 28.7 Å². The van der Waals surface area contributed by atoms with Crippen LogP contribution in [0.3, 0.4) is 0 Å². The van der Waals surface area contributed by atoms with E-state index in [2.05, 4.69) is 30.3 Å². The number of hydrogen-bond donors (Lipinski definition) is 0. The van der Waals surface area contributed by atoms with Gasteiger partial charge in [-0.05, 0) is 75.3 Å². The summed E-state index contributed by atoms with van der Waals surface area (Å²) in [5.74, 6) is 0.870. The van der Waals surface area contributed by atoms with Crippen LogP contribution in [0.2, 0.25) is 0 Å². The Kier molecular flexibility index (Phi) is 5.85. The second-order valence-corrected chi connectivity index (χ2v) is 9.23. The zero-order chi connectivity index (χ0) is 21.1. The quantitative estimate of drug-likeness (QED) is 0.607. The van der Waals surface area contributed by atoms with E-state index in [1.54, 1.807) is 0 Å². The zero-order valence-corrected chi connectivity index (χ0v) is 18.1. The largest absolute Gasteiger partial charge is 0.489 e. The van der Waals surface area contributed by atoms with Gasteiger partial charge in [0.15, 0.2) is 0 Å². The molecule has 0 radical (unpaired) electrons. The minimum absolute atomic E-state index is 0.122. The van der Waals surface area contributed by atoms with Gasteiger partial charge < -0.3 is 9.47 Å². The summed E-state index contributed by atoms with van der Waals surface area (Å²) in [5.41, 5.74) is 3.22. The van der Waals surface area contributed by atoms with Gasteiger partial charge in [0.1, 0.15) is 18.0 Å². The first-order valence-electron chi connectivity index (χ1n) is 10.9. The topological polar surface area (TPSA) is 38.8 Å². The van der Waals surface area contributed by atoms with Gasteiger partial charge in [-0.3, -0.25) is 4.90 Å². The first kappa shape index (κ1) is 20.5. The van der Waals surface area contributed by atoms with Crippen LogP contribution in [0.15, 0.2) is 60.7 Å². The molecule has 2 aromatic carbocycles. The summed E-state index contributed by atoms with van der Waals surface area (Å²) in [7, 11) is 0. The molecule has 2 bridgehead atoms. The molecule has 0 saturated carbocycles. The molecule has 4 nitrogen and oxygen atoms in total. The molecule has 0 aliphatic carbocycles. The highest BCUT2D eigenvalue weighted by molar-refractivity contribution is 5.75. The van der Waals surface area contributed by atoms with Gasteiger partial charge in [-0.15, -0.1) is 0 Å². The number of carbonyl (C=O) groups is 1. The minimum Gasteiger partial charge on any atom is -0.489 e. The van der Waals surface area contributed by atoms with Gasteiger partial charge in [-0.1, -0.05) is 48.5 Å². The van der Waals surface area contributed by atoms with Crippen molar-refractivity contribution in [2.24, 2.45) is 0 Å². The number of nitrogens with zero attached hydrogens (tertiary/aromatic N) is 1. The number of amides is 1. The fraction of sp³-hybridized carbons (Fsp3) is 0.423. The summed E-state index contributed by atoms with van der Waals surface area (Å²) in [5, 5.41) is 0. The lowest BCUT2D eigenvalue weighted by Gasteiger charge is -2.45. The molecule has 0 aromatic heterocycles.